The maximum atomic E-state index is 13.2. The van der Waals surface area contributed by atoms with Gasteiger partial charge in [0.25, 0.3) is 0 Å². The van der Waals surface area contributed by atoms with Crippen molar-refractivity contribution < 1.29 is 9.18 Å². The number of nitrogens with zero attached hydrogens (tertiary/aromatic N) is 1. The second kappa shape index (κ2) is 8.29. The Morgan fingerprint density at radius 2 is 1.73 bits per heavy atom. The van der Waals surface area contributed by atoms with Gasteiger partial charge in [0.2, 0.25) is 5.91 Å². The standard InChI is InChI=1S/C18H21FN2O/c19-17-8-4-7-16(13-17)14-18(22)21(12-10-20)11-9-15-5-2-1-3-6-15/h1-8,13H,9-12,14,20H2. The molecule has 0 atom stereocenters. The zero-order valence-electron chi connectivity index (χ0n) is 12.5. The first-order valence-corrected chi connectivity index (χ1v) is 7.45. The Hall–Kier alpha value is -2.20. The molecule has 2 rings (SSSR count). The minimum absolute atomic E-state index is 0.0213. The Labute approximate surface area is 130 Å². The lowest BCUT2D eigenvalue weighted by Crippen LogP contribution is -2.37. The number of hydrogen-bond acceptors (Lipinski definition) is 2. The maximum absolute atomic E-state index is 13.2. The van der Waals surface area contributed by atoms with Crippen LogP contribution in [0.2, 0.25) is 0 Å². The molecule has 0 bridgehead atoms. The zero-order chi connectivity index (χ0) is 15.8. The molecule has 2 aromatic carbocycles. The molecule has 0 spiro atoms. The summed E-state index contributed by atoms with van der Waals surface area (Å²) in [5.41, 5.74) is 7.47. The zero-order valence-corrected chi connectivity index (χ0v) is 12.5. The summed E-state index contributed by atoms with van der Waals surface area (Å²) >= 11 is 0. The molecule has 2 aromatic rings. The summed E-state index contributed by atoms with van der Waals surface area (Å²) in [4.78, 5) is 14.1. The van der Waals surface area contributed by atoms with Gasteiger partial charge >= 0.3 is 0 Å². The molecule has 22 heavy (non-hydrogen) atoms. The van der Waals surface area contributed by atoms with E-state index >= 15 is 0 Å². The number of nitrogens with two attached hydrogens (primary N) is 1. The fraction of sp³-hybridized carbons (Fsp3) is 0.278. The van der Waals surface area contributed by atoms with Gasteiger partial charge in [0.05, 0.1) is 6.42 Å². The molecule has 0 aliphatic carbocycles. The quantitative estimate of drug-likeness (QED) is 0.853. The number of carbonyl (C=O) groups is 1. The van der Waals surface area contributed by atoms with E-state index in [9.17, 15) is 9.18 Å². The van der Waals surface area contributed by atoms with Crippen molar-refractivity contribution >= 4 is 5.91 Å². The third kappa shape index (κ3) is 4.97. The minimum atomic E-state index is -0.319. The number of carbonyl (C=O) groups excluding carboxylic acids is 1. The Kier molecular flexibility index (Phi) is 6.10. The van der Waals surface area contributed by atoms with Gasteiger partial charge in [-0.05, 0) is 29.7 Å². The highest BCUT2D eigenvalue weighted by atomic mass is 19.1. The minimum Gasteiger partial charge on any atom is -0.341 e. The smallest absolute Gasteiger partial charge is 0.227 e. The summed E-state index contributed by atoms with van der Waals surface area (Å²) in [7, 11) is 0. The Bertz CT molecular complexity index is 601. The number of rotatable bonds is 7. The highest BCUT2D eigenvalue weighted by Crippen LogP contribution is 2.07. The van der Waals surface area contributed by atoms with Crippen LogP contribution in [0.5, 0.6) is 0 Å². The molecular formula is C18H21FN2O. The van der Waals surface area contributed by atoms with E-state index in [-0.39, 0.29) is 18.1 Å². The predicted molar refractivity (Wildman–Crippen MR) is 85.9 cm³/mol. The summed E-state index contributed by atoms with van der Waals surface area (Å²) in [5, 5.41) is 0. The predicted octanol–water partition coefficient (Wildman–Crippen LogP) is 2.40. The van der Waals surface area contributed by atoms with Gasteiger partial charge in [-0.15, -0.1) is 0 Å². The third-order valence-corrected chi connectivity index (χ3v) is 3.51. The summed E-state index contributed by atoms with van der Waals surface area (Å²) in [6, 6.07) is 16.2. The second-order valence-corrected chi connectivity index (χ2v) is 5.21. The number of hydrogen-bond donors (Lipinski definition) is 1. The van der Waals surface area contributed by atoms with E-state index < -0.39 is 0 Å². The van der Waals surface area contributed by atoms with Gasteiger partial charge in [-0.1, -0.05) is 42.5 Å². The van der Waals surface area contributed by atoms with Crippen molar-refractivity contribution in [3.05, 3.63) is 71.5 Å². The molecule has 0 aromatic heterocycles. The highest BCUT2D eigenvalue weighted by molar-refractivity contribution is 5.78. The summed E-state index contributed by atoms with van der Waals surface area (Å²) in [5.74, 6) is -0.341. The van der Waals surface area contributed by atoms with E-state index in [4.69, 9.17) is 5.73 Å². The van der Waals surface area contributed by atoms with Crippen molar-refractivity contribution in [3.8, 4) is 0 Å². The van der Waals surface area contributed by atoms with Crippen LogP contribution in [0.1, 0.15) is 11.1 Å². The van der Waals surface area contributed by atoms with E-state index in [1.807, 2.05) is 30.3 Å². The lowest BCUT2D eigenvalue weighted by atomic mass is 10.1. The second-order valence-electron chi connectivity index (χ2n) is 5.21. The fourth-order valence-electron chi connectivity index (χ4n) is 2.36. The monoisotopic (exact) mass is 300 g/mol. The van der Waals surface area contributed by atoms with Crippen LogP contribution in [0.15, 0.2) is 54.6 Å². The highest BCUT2D eigenvalue weighted by Gasteiger charge is 2.13. The van der Waals surface area contributed by atoms with Gasteiger partial charge in [-0.2, -0.15) is 0 Å². The fourth-order valence-corrected chi connectivity index (χ4v) is 2.36. The molecule has 0 saturated heterocycles. The molecule has 0 unspecified atom stereocenters. The topological polar surface area (TPSA) is 46.3 Å². The number of halogens is 1. The van der Waals surface area contributed by atoms with Gasteiger partial charge in [0, 0.05) is 19.6 Å². The van der Waals surface area contributed by atoms with Crippen LogP contribution in [-0.4, -0.2) is 30.4 Å². The molecule has 0 radical (unpaired) electrons. The van der Waals surface area contributed by atoms with Crippen LogP contribution in [0.25, 0.3) is 0 Å². The normalized spacial score (nSPS) is 10.5. The molecule has 3 nitrogen and oxygen atoms in total. The molecule has 1 amide bonds. The molecule has 0 aliphatic rings. The summed E-state index contributed by atoms with van der Waals surface area (Å²) in [6.45, 7) is 1.56. The average Bonchev–Trinajstić information content (AvgIpc) is 2.52. The van der Waals surface area contributed by atoms with E-state index in [1.165, 1.54) is 17.7 Å². The van der Waals surface area contributed by atoms with Gasteiger partial charge < -0.3 is 10.6 Å². The van der Waals surface area contributed by atoms with Crippen LogP contribution in [0.3, 0.4) is 0 Å². The Morgan fingerprint density at radius 1 is 1.00 bits per heavy atom. The van der Waals surface area contributed by atoms with E-state index in [1.54, 1.807) is 17.0 Å². The Morgan fingerprint density at radius 3 is 2.41 bits per heavy atom. The van der Waals surface area contributed by atoms with Gasteiger partial charge in [0.15, 0.2) is 0 Å². The number of benzene rings is 2. The van der Waals surface area contributed by atoms with E-state index in [0.717, 1.165) is 6.42 Å². The van der Waals surface area contributed by atoms with Crippen molar-refractivity contribution in [2.45, 2.75) is 12.8 Å². The van der Waals surface area contributed by atoms with Crippen LogP contribution >= 0.6 is 0 Å². The van der Waals surface area contributed by atoms with E-state index in [2.05, 4.69) is 0 Å². The first-order valence-electron chi connectivity index (χ1n) is 7.45. The van der Waals surface area contributed by atoms with Crippen molar-refractivity contribution in [3.63, 3.8) is 0 Å². The molecular weight excluding hydrogens is 279 g/mol. The molecule has 0 heterocycles. The van der Waals surface area contributed by atoms with Crippen LogP contribution in [0, 0.1) is 5.82 Å². The first kappa shape index (κ1) is 16.2. The molecule has 0 fully saturated rings. The van der Waals surface area contributed by atoms with Crippen molar-refractivity contribution in [1.82, 2.24) is 4.90 Å². The summed E-state index contributed by atoms with van der Waals surface area (Å²) < 4.78 is 13.2. The molecule has 116 valence electrons. The number of amides is 1. The molecule has 0 aliphatic heterocycles. The van der Waals surface area contributed by atoms with E-state index in [0.29, 0.717) is 25.2 Å². The molecule has 2 N–H and O–H groups in total. The van der Waals surface area contributed by atoms with Crippen molar-refractivity contribution in [2.24, 2.45) is 5.73 Å². The first-order chi connectivity index (χ1) is 10.7. The summed E-state index contributed by atoms with van der Waals surface area (Å²) in [6.07, 6.45) is 0.988. The lowest BCUT2D eigenvalue weighted by molar-refractivity contribution is -0.130. The van der Waals surface area contributed by atoms with Crippen LogP contribution < -0.4 is 5.73 Å². The van der Waals surface area contributed by atoms with Crippen molar-refractivity contribution in [1.29, 1.82) is 0 Å². The maximum Gasteiger partial charge on any atom is 0.227 e. The third-order valence-electron chi connectivity index (χ3n) is 3.51. The largest absolute Gasteiger partial charge is 0.341 e. The Balaban J connectivity index is 1.96. The molecule has 4 heteroatoms. The van der Waals surface area contributed by atoms with Crippen LogP contribution in [-0.2, 0) is 17.6 Å². The van der Waals surface area contributed by atoms with Crippen LogP contribution in [0.4, 0.5) is 4.39 Å². The molecule has 0 saturated carbocycles. The van der Waals surface area contributed by atoms with Gasteiger partial charge in [-0.3, -0.25) is 4.79 Å². The van der Waals surface area contributed by atoms with Gasteiger partial charge in [-0.25, -0.2) is 4.39 Å². The van der Waals surface area contributed by atoms with Crippen molar-refractivity contribution in [2.75, 3.05) is 19.6 Å². The average molecular weight is 300 g/mol. The lowest BCUT2D eigenvalue weighted by Gasteiger charge is -2.22. The SMILES string of the molecule is NCCN(CCc1ccccc1)C(=O)Cc1cccc(F)c1. The van der Waals surface area contributed by atoms with Gasteiger partial charge in [0.1, 0.15) is 5.82 Å².